The third kappa shape index (κ3) is 5.18. The van der Waals surface area contributed by atoms with Crippen LogP contribution < -0.4 is 5.32 Å². The zero-order valence-electron chi connectivity index (χ0n) is 16.0. The zero-order valence-corrected chi connectivity index (χ0v) is 16.0. The molecule has 1 heterocycles. The molecule has 0 aliphatic rings. The van der Waals surface area contributed by atoms with Crippen molar-refractivity contribution in [1.29, 1.82) is 0 Å². The van der Waals surface area contributed by atoms with E-state index in [1.165, 1.54) is 5.56 Å². The van der Waals surface area contributed by atoms with Gasteiger partial charge in [-0.2, -0.15) is 5.10 Å². The van der Waals surface area contributed by atoms with Crippen LogP contribution in [0, 0.1) is 20.8 Å². The van der Waals surface area contributed by atoms with Crippen LogP contribution in [0.1, 0.15) is 52.6 Å². The third-order valence-electron chi connectivity index (χ3n) is 4.23. The summed E-state index contributed by atoms with van der Waals surface area (Å²) in [6, 6.07) is 8.19. The minimum absolute atomic E-state index is 0.273. The summed E-state index contributed by atoms with van der Waals surface area (Å²) in [5.74, 6) is -0.796. The molecule has 1 N–H and O–H groups in total. The monoisotopic (exact) mass is 357 g/mol. The van der Waals surface area contributed by atoms with Gasteiger partial charge in [0, 0.05) is 6.54 Å². The minimum atomic E-state index is -0.513. The van der Waals surface area contributed by atoms with Crippen LogP contribution in [0.2, 0.25) is 0 Å². The second-order valence-electron chi connectivity index (χ2n) is 6.47. The number of amides is 1. The number of aromatic nitrogens is 2. The number of esters is 1. The van der Waals surface area contributed by atoms with Crippen LogP contribution in [0.15, 0.2) is 24.3 Å². The lowest BCUT2D eigenvalue weighted by molar-refractivity contribution is -0.124. The lowest BCUT2D eigenvalue weighted by Gasteiger charge is -2.07. The van der Waals surface area contributed by atoms with Gasteiger partial charge in [0.1, 0.15) is 5.56 Å². The summed E-state index contributed by atoms with van der Waals surface area (Å²) in [5.41, 5.74) is 4.07. The van der Waals surface area contributed by atoms with Gasteiger partial charge in [0.25, 0.3) is 5.91 Å². The Balaban J connectivity index is 2.00. The van der Waals surface area contributed by atoms with E-state index in [1.54, 1.807) is 11.6 Å². The van der Waals surface area contributed by atoms with Crippen molar-refractivity contribution in [2.24, 2.45) is 0 Å². The Morgan fingerprint density at radius 3 is 2.50 bits per heavy atom. The highest BCUT2D eigenvalue weighted by atomic mass is 16.5. The summed E-state index contributed by atoms with van der Waals surface area (Å²) in [6.07, 6.45) is 1.91. The number of unbranched alkanes of at least 4 members (excludes halogenated alkanes) is 1. The Morgan fingerprint density at radius 1 is 1.15 bits per heavy atom. The van der Waals surface area contributed by atoms with Crippen molar-refractivity contribution in [1.82, 2.24) is 15.1 Å². The maximum absolute atomic E-state index is 12.4. The Labute approximate surface area is 154 Å². The highest BCUT2D eigenvalue weighted by molar-refractivity contribution is 5.93. The fourth-order valence-corrected chi connectivity index (χ4v) is 2.67. The van der Waals surface area contributed by atoms with Crippen molar-refractivity contribution in [2.45, 2.75) is 47.1 Å². The molecular formula is C20H27N3O3. The number of carbonyl (C=O) groups excluding carboxylic acids is 2. The first-order valence-electron chi connectivity index (χ1n) is 8.95. The fourth-order valence-electron chi connectivity index (χ4n) is 2.67. The molecule has 0 fully saturated rings. The predicted octanol–water partition coefficient (Wildman–Crippen LogP) is 2.93. The van der Waals surface area contributed by atoms with Gasteiger partial charge in [-0.05, 0) is 32.8 Å². The van der Waals surface area contributed by atoms with E-state index in [0.717, 1.165) is 24.1 Å². The molecule has 1 amide bonds. The highest BCUT2D eigenvalue weighted by Gasteiger charge is 2.21. The molecule has 26 heavy (non-hydrogen) atoms. The molecule has 0 radical (unpaired) electrons. The van der Waals surface area contributed by atoms with Crippen molar-refractivity contribution in [3.63, 3.8) is 0 Å². The van der Waals surface area contributed by atoms with Crippen LogP contribution in [0.3, 0.4) is 0 Å². The first-order chi connectivity index (χ1) is 12.4. The molecule has 2 aromatic rings. The Kier molecular flexibility index (Phi) is 6.95. The average molecular weight is 357 g/mol. The summed E-state index contributed by atoms with van der Waals surface area (Å²) < 4.78 is 6.95. The number of nitrogens with one attached hydrogen (secondary N) is 1. The van der Waals surface area contributed by atoms with E-state index >= 15 is 0 Å². The van der Waals surface area contributed by atoms with Crippen molar-refractivity contribution >= 4 is 11.9 Å². The molecule has 0 atom stereocenters. The van der Waals surface area contributed by atoms with Crippen LogP contribution in [0.5, 0.6) is 0 Å². The van der Waals surface area contributed by atoms with E-state index in [2.05, 4.69) is 10.4 Å². The Morgan fingerprint density at radius 2 is 1.85 bits per heavy atom. The third-order valence-corrected chi connectivity index (χ3v) is 4.23. The van der Waals surface area contributed by atoms with Crippen molar-refractivity contribution in [3.05, 3.63) is 52.3 Å². The van der Waals surface area contributed by atoms with Crippen molar-refractivity contribution < 1.29 is 14.3 Å². The second kappa shape index (κ2) is 9.17. The highest BCUT2D eigenvalue weighted by Crippen LogP contribution is 2.16. The summed E-state index contributed by atoms with van der Waals surface area (Å²) in [7, 11) is 0. The van der Waals surface area contributed by atoms with Gasteiger partial charge in [0.15, 0.2) is 6.61 Å². The summed E-state index contributed by atoms with van der Waals surface area (Å²) in [6.45, 7) is 8.61. The maximum atomic E-state index is 12.4. The molecule has 0 saturated heterocycles. The fraction of sp³-hybridized carbons (Fsp3) is 0.450. The molecule has 140 valence electrons. The average Bonchev–Trinajstić information content (AvgIpc) is 2.89. The molecule has 1 aromatic heterocycles. The molecule has 6 nitrogen and oxygen atoms in total. The Bertz CT molecular complexity index is 763. The molecule has 0 spiro atoms. The minimum Gasteiger partial charge on any atom is -0.452 e. The first kappa shape index (κ1) is 19.7. The number of benzene rings is 1. The summed E-state index contributed by atoms with van der Waals surface area (Å²) >= 11 is 0. The number of aryl methyl sites for hydroxylation is 2. The Hall–Kier alpha value is -2.63. The van der Waals surface area contributed by atoms with Crippen LogP contribution >= 0.6 is 0 Å². The number of carbonyl (C=O) groups is 2. The molecule has 0 aliphatic heterocycles. The van der Waals surface area contributed by atoms with Gasteiger partial charge in [0.2, 0.25) is 0 Å². The van der Waals surface area contributed by atoms with Crippen molar-refractivity contribution in [2.75, 3.05) is 13.2 Å². The molecule has 1 aromatic carbocycles. The van der Waals surface area contributed by atoms with Gasteiger partial charge in [-0.15, -0.1) is 0 Å². The van der Waals surface area contributed by atoms with E-state index in [0.29, 0.717) is 24.3 Å². The number of rotatable bonds is 8. The number of nitrogens with zero attached hydrogens (tertiary/aromatic N) is 2. The van der Waals surface area contributed by atoms with E-state index in [-0.39, 0.29) is 12.5 Å². The van der Waals surface area contributed by atoms with E-state index in [4.69, 9.17) is 4.74 Å². The largest absolute Gasteiger partial charge is 0.452 e. The van der Waals surface area contributed by atoms with Crippen LogP contribution in [0.4, 0.5) is 0 Å². The maximum Gasteiger partial charge on any atom is 0.342 e. The quantitative estimate of drug-likeness (QED) is 0.582. The smallest absolute Gasteiger partial charge is 0.342 e. The van der Waals surface area contributed by atoms with E-state index < -0.39 is 5.97 Å². The lowest BCUT2D eigenvalue weighted by atomic mass is 10.1. The van der Waals surface area contributed by atoms with E-state index in [1.807, 2.05) is 45.0 Å². The van der Waals surface area contributed by atoms with Gasteiger partial charge in [-0.3, -0.25) is 9.48 Å². The van der Waals surface area contributed by atoms with Crippen LogP contribution in [0.25, 0.3) is 0 Å². The van der Waals surface area contributed by atoms with Crippen molar-refractivity contribution in [3.8, 4) is 0 Å². The number of ether oxygens (including phenoxy) is 1. The first-order valence-corrected chi connectivity index (χ1v) is 8.95. The molecule has 0 aliphatic carbocycles. The molecule has 6 heteroatoms. The van der Waals surface area contributed by atoms with Gasteiger partial charge in [-0.1, -0.05) is 43.2 Å². The van der Waals surface area contributed by atoms with Gasteiger partial charge >= 0.3 is 5.97 Å². The van der Waals surface area contributed by atoms with Crippen LogP contribution in [-0.4, -0.2) is 34.8 Å². The number of hydrogen-bond donors (Lipinski definition) is 1. The zero-order chi connectivity index (χ0) is 19.1. The topological polar surface area (TPSA) is 73.2 Å². The number of hydrogen-bond acceptors (Lipinski definition) is 4. The van der Waals surface area contributed by atoms with Crippen LogP contribution in [-0.2, 0) is 16.1 Å². The SMILES string of the molecule is CCCCNC(=O)COC(=O)c1c(C)nn(Cc2ccc(C)cc2)c1C. The standard InChI is InChI=1S/C20H27N3O3/c1-5-6-11-21-18(24)13-26-20(25)19-15(3)22-23(16(19)4)12-17-9-7-14(2)8-10-17/h7-10H,5-6,11-13H2,1-4H3,(H,21,24). The van der Waals surface area contributed by atoms with Gasteiger partial charge in [-0.25, -0.2) is 4.79 Å². The molecule has 0 bridgehead atoms. The molecule has 0 unspecified atom stereocenters. The molecule has 2 rings (SSSR count). The molecular weight excluding hydrogens is 330 g/mol. The lowest BCUT2D eigenvalue weighted by Crippen LogP contribution is -2.29. The molecule has 0 saturated carbocycles. The normalized spacial score (nSPS) is 10.6. The second-order valence-corrected chi connectivity index (χ2v) is 6.47. The van der Waals surface area contributed by atoms with Gasteiger partial charge < -0.3 is 10.1 Å². The predicted molar refractivity (Wildman–Crippen MR) is 100 cm³/mol. The van der Waals surface area contributed by atoms with E-state index in [9.17, 15) is 9.59 Å². The van der Waals surface area contributed by atoms with Gasteiger partial charge in [0.05, 0.1) is 17.9 Å². The summed E-state index contributed by atoms with van der Waals surface area (Å²) in [4.78, 5) is 24.1. The summed E-state index contributed by atoms with van der Waals surface area (Å²) in [5, 5.41) is 7.18.